The molecule has 0 radical (unpaired) electrons. The molecule has 0 aliphatic rings. The normalized spacial score (nSPS) is 11.9. The fourth-order valence-electron chi connectivity index (χ4n) is 4.24. The lowest BCUT2D eigenvalue weighted by molar-refractivity contribution is -0.128. The van der Waals surface area contributed by atoms with Crippen LogP contribution in [0.1, 0.15) is 16.7 Å². The van der Waals surface area contributed by atoms with E-state index in [4.69, 9.17) is 39.6 Å². The molecule has 41 heavy (non-hydrogen) atoms. The van der Waals surface area contributed by atoms with Gasteiger partial charge >= 0.3 is 0 Å². The van der Waals surface area contributed by atoms with Crippen LogP contribution in [0.5, 0.6) is 11.5 Å². The number of carbonyl (C=O) groups excluding carboxylic acids is 1. The van der Waals surface area contributed by atoms with E-state index < -0.39 is 11.7 Å². The van der Waals surface area contributed by atoms with E-state index in [1.54, 1.807) is 14.2 Å². The number of rotatable bonds is 20. The molecule has 0 aliphatic heterocycles. The molecule has 1 atom stereocenters. The highest BCUT2D eigenvalue weighted by Crippen LogP contribution is 2.41. The Bertz CT molecular complexity index is 1130. The first-order valence-corrected chi connectivity index (χ1v) is 13.4. The molecule has 0 heterocycles. The maximum absolute atomic E-state index is 12.0. The Morgan fingerprint density at radius 1 is 0.707 bits per heavy atom. The SMILES string of the molecule is C#CCOCCOCCOCCO[C@H](C=O)COC(c1ccccc1)(c1ccc(OC)cc1)c1ccc(OC)cc1. The van der Waals surface area contributed by atoms with Crippen molar-refractivity contribution in [3.63, 3.8) is 0 Å². The molecule has 8 heteroatoms. The summed E-state index contributed by atoms with van der Waals surface area (Å²) < 4.78 is 39.4. The van der Waals surface area contributed by atoms with Crippen LogP contribution in [0.2, 0.25) is 0 Å². The Morgan fingerprint density at radius 3 is 1.68 bits per heavy atom. The molecule has 3 aromatic rings. The van der Waals surface area contributed by atoms with E-state index in [-0.39, 0.29) is 19.8 Å². The fraction of sp³-hybridized carbons (Fsp3) is 0.364. The van der Waals surface area contributed by atoms with Gasteiger partial charge in [0, 0.05) is 0 Å². The molecule has 0 aromatic heterocycles. The summed E-state index contributed by atoms with van der Waals surface area (Å²) >= 11 is 0. The van der Waals surface area contributed by atoms with Crippen LogP contribution in [0, 0.1) is 12.3 Å². The van der Waals surface area contributed by atoms with Gasteiger partial charge in [-0.3, -0.25) is 0 Å². The van der Waals surface area contributed by atoms with E-state index >= 15 is 0 Å². The molecule has 0 unspecified atom stereocenters. The first-order chi connectivity index (χ1) is 20.2. The summed E-state index contributed by atoms with van der Waals surface area (Å²) in [5, 5.41) is 0. The van der Waals surface area contributed by atoms with Gasteiger partial charge < -0.3 is 38.0 Å². The van der Waals surface area contributed by atoms with Crippen molar-refractivity contribution >= 4 is 6.29 Å². The van der Waals surface area contributed by atoms with Crippen molar-refractivity contribution < 1.29 is 38.0 Å². The van der Waals surface area contributed by atoms with Gasteiger partial charge in [0.15, 0.2) is 6.29 Å². The minimum Gasteiger partial charge on any atom is -0.497 e. The van der Waals surface area contributed by atoms with Crippen LogP contribution < -0.4 is 9.47 Å². The molecule has 0 saturated heterocycles. The molecule has 0 amide bonds. The van der Waals surface area contributed by atoms with Gasteiger partial charge in [0.2, 0.25) is 0 Å². The van der Waals surface area contributed by atoms with Gasteiger partial charge in [-0.15, -0.1) is 6.42 Å². The molecular weight excluding hydrogens is 524 g/mol. The van der Waals surface area contributed by atoms with Crippen LogP contribution in [-0.2, 0) is 34.1 Å². The van der Waals surface area contributed by atoms with E-state index in [1.165, 1.54) is 0 Å². The number of hydrogen-bond donors (Lipinski definition) is 0. The first kappa shape index (κ1) is 31.8. The van der Waals surface area contributed by atoms with E-state index in [9.17, 15) is 4.79 Å². The summed E-state index contributed by atoms with van der Waals surface area (Å²) in [6.07, 6.45) is 5.07. The molecule has 0 saturated carbocycles. The van der Waals surface area contributed by atoms with Crippen LogP contribution in [0.15, 0.2) is 78.9 Å². The predicted molar refractivity (Wildman–Crippen MR) is 155 cm³/mol. The van der Waals surface area contributed by atoms with Crippen molar-refractivity contribution in [2.75, 3.05) is 67.1 Å². The quantitative estimate of drug-likeness (QED) is 0.0874. The lowest BCUT2D eigenvalue weighted by Crippen LogP contribution is -2.37. The van der Waals surface area contributed by atoms with Gasteiger partial charge in [0.25, 0.3) is 0 Å². The molecule has 0 bridgehead atoms. The minimum absolute atomic E-state index is 0.0111. The van der Waals surface area contributed by atoms with Gasteiger partial charge in [-0.2, -0.15) is 0 Å². The third kappa shape index (κ3) is 9.42. The lowest BCUT2D eigenvalue weighted by atomic mass is 9.80. The van der Waals surface area contributed by atoms with Gasteiger partial charge in [0.1, 0.15) is 29.8 Å². The fourth-order valence-corrected chi connectivity index (χ4v) is 4.24. The van der Waals surface area contributed by atoms with Gasteiger partial charge in [-0.1, -0.05) is 60.5 Å². The molecule has 0 aliphatic carbocycles. The Hall–Kier alpha value is -3.71. The minimum atomic E-state index is -1.04. The number of ether oxygens (including phenoxy) is 7. The second-order valence-corrected chi connectivity index (χ2v) is 8.84. The standard InChI is InChI=1S/C33H38O8/c1-4-18-37-19-20-38-21-22-39-23-24-40-32(25-34)26-41-33(27-8-6-5-7-9-27,28-10-14-30(35-2)15-11-28)29-12-16-31(36-3)17-13-29/h1,5-17,25,32H,18-24,26H2,2-3H3/t32-/m1/s1. The Labute approximate surface area is 242 Å². The number of carbonyl (C=O) groups is 1. The van der Waals surface area contributed by atoms with Crippen LogP contribution in [0.4, 0.5) is 0 Å². The van der Waals surface area contributed by atoms with Crippen LogP contribution in [0.3, 0.4) is 0 Å². The monoisotopic (exact) mass is 562 g/mol. The summed E-state index contributed by atoms with van der Waals surface area (Å²) in [7, 11) is 3.25. The molecule has 8 nitrogen and oxygen atoms in total. The third-order valence-electron chi connectivity index (χ3n) is 6.28. The average molecular weight is 563 g/mol. The van der Waals surface area contributed by atoms with Gasteiger partial charge in [0.05, 0.1) is 60.5 Å². The zero-order valence-electron chi connectivity index (χ0n) is 23.7. The second-order valence-electron chi connectivity index (χ2n) is 8.84. The molecule has 0 N–H and O–H groups in total. The molecule has 0 fully saturated rings. The third-order valence-corrected chi connectivity index (χ3v) is 6.28. The molecular formula is C33H38O8. The van der Waals surface area contributed by atoms with E-state index in [0.717, 1.165) is 34.5 Å². The van der Waals surface area contributed by atoms with Crippen LogP contribution >= 0.6 is 0 Å². The number of methoxy groups -OCH3 is 2. The molecule has 218 valence electrons. The maximum atomic E-state index is 12.0. The highest BCUT2D eigenvalue weighted by molar-refractivity contribution is 5.56. The average Bonchev–Trinajstić information content (AvgIpc) is 3.03. The van der Waals surface area contributed by atoms with E-state index in [1.807, 2.05) is 78.9 Å². The lowest BCUT2D eigenvalue weighted by Gasteiger charge is -2.36. The van der Waals surface area contributed by atoms with E-state index in [2.05, 4.69) is 5.92 Å². The molecule has 3 aromatic carbocycles. The van der Waals surface area contributed by atoms with Crippen LogP contribution in [0.25, 0.3) is 0 Å². The highest BCUT2D eigenvalue weighted by atomic mass is 16.6. The zero-order valence-corrected chi connectivity index (χ0v) is 23.7. The van der Waals surface area contributed by atoms with Crippen molar-refractivity contribution in [2.24, 2.45) is 0 Å². The van der Waals surface area contributed by atoms with Crippen LogP contribution in [-0.4, -0.2) is 79.5 Å². The largest absolute Gasteiger partial charge is 0.497 e. The molecule has 3 rings (SSSR count). The smallest absolute Gasteiger partial charge is 0.151 e. The number of benzene rings is 3. The van der Waals surface area contributed by atoms with Crippen molar-refractivity contribution in [3.8, 4) is 23.8 Å². The van der Waals surface area contributed by atoms with Crippen molar-refractivity contribution in [3.05, 3.63) is 95.6 Å². The van der Waals surface area contributed by atoms with Crippen molar-refractivity contribution in [1.29, 1.82) is 0 Å². The number of terminal acetylenes is 1. The van der Waals surface area contributed by atoms with Crippen molar-refractivity contribution in [2.45, 2.75) is 11.7 Å². The van der Waals surface area contributed by atoms with E-state index in [0.29, 0.717) is 33.0 Å². The Morgan fingerprint density at radius 2 is 1.20 bits per heavy atom. The van der Waals surface area contributed by atoms with Crippen molar-refractivity contribution in [1.82, 2.24) is 0 Å². The Balaban J connectivity index is 1.70. The summed E-state index contributed by atoms with van der Waals surface area (Å²) in [6, 6.07) is 25.3. The summed E-state index contributed by atoms with van der Waals surface area (Å²) in [6.45, 7) is 2.51. The number of hydrogen-bond acceptors (Lipinski definition) is 8. The molecule has 0 spiro atoms. The summed E-state index contributed by atoms with van der Waals surface area (Å²) in [5.41, 5.74) is 1.59. The first-order valence-electron chi connectivity index (χ1n) is 13.4. The highest BCUT2D eigenvalue weighted by Gasteiger charge is 2.38. The zero-order chi connectivity index (χ0) is 29.2. The van der Waals surface area contributed by atoms with Gasteiger partial charge in [-0.05, 0) is 41.0 Å². The second kappa shape index (κ2) is 17.9. The Kier molecular flexibility index (Phi) is 13.9. The maximum Gasteiger partial charge on any atom is 0.151 e. The van der Waals surface area contributed by atoms with Gasteiger partial charge in [-0.25, -0.2) is 0 Å². The summed E-state index contributed by atoms with van der Waals surface area (Å²) in [4.78, 5) is 12.0. The number of aldehydes is 1. The topological polar surface area (TPSA) is 81.7 Å². The predicted octanol–water partition coefficient (Wildman–Crippen LogP) is 4.28. The summed E-state index contributed by atoms with van der Waals surface area (Å²) in [5.74, 6) is 3.85.